The maximum atomic E-state index is 12.7. The Labute approximate surface area is 183 Å². The van der Waals surface area contributed by atoms with E-state index in [0.29, 0.717) is 18.8 Å². The molecule has 5 heteroatoms. The minimum atomic E-state index is -1.76. The third-order valence-corrected chi connectivity index (χ3v) is 12.4. The zero-order chi connectivity index (χ0) is 22.1. The van der Waals surface area contributed by atoms with Gasteiger partial charge in [-0.3, -0.25) is 0 Å². The Morgan fingerprint density at radius 1 is 1.13 bits per heavy atom. The van der Waals surface area contributed by atoms with Crippen LogP contribution >= 0.6 is 0 Å². The van der Waals surface area contributed by atoms with Crippen molar-refractivity contribution >= 4 is 30.8 Å². The van der Waals surface area contributed by atoms with E-state index in [9.17, 15) is 4.79 Å². The van der Waals surface area contributed by atoms with Crippen molar-refractivity contribution < 1.29 is 9.53 Å². The Balaban J connectivity index is 2.16. The van der Waals surface area contributed by atoms with Gasteiger partial charge in [0.05, 0.1) is 0 Å². The summed E-state index contributed by atoms with van der Waals surface area (Å²) < 4.78 is 8.48. The highest BCUT2D eigenvalue weighted by molar-refractivity contribution is 6.79. The molecule has 0 N–H and O–H groups in total. The molecular weight excluding hydrogens is 388 g/mol. The SMILES string of the molecule is CCN(CC)C(=O)Oc1ccc2c(ccn2[Si](C)(C)C(C)(C)C)c1C1=CCCCC1. The van der Waals surface area contributed by atoms with E-state index in [1.54, 1.807) is 4.90 Å². The zero-order valence-corrected chi connectivity index (χ0v) is 20.8. The molecule has 4 nitrogen and oxygen atoms in total. The lowest BCUT2D eigenvalue weighted by Crippen LogP contribution is -2.44. The fraction of sp³-hybridized carbons (Fsp3) is 0.560. The van der Waals surface area contributed by atoms with Crippen molar-refractivity contribution in [2.24, 2.45) is 0 Å². The number of hydrogen-bond donors (Lipinski definition) is 0. The lowest BCUT2D eigenvalue weighted by molar-refractivity contribution is 0.157. The fourth-order valence-corrected chi connectivity index (χ4v) is 6.13. The van der Waals surface area contributed by atoms with Crippen LogP contribution < -0.4 is 4.74 Å². The summed E-state index contributed by atoms with van der Waals surface area (Å²) in [4.78, 5) is 14.5. The standard InChI is InChI=1S/C25H38N2O2Si/c1-8-26(9-2)24(28)29-22-16-15-21-20(23(22)19-13-11-10-12-14-19)17-18-27(21)30(6,7)25(3,4)5/h13,15-18H,8-12,14H2,1-7H3. The summed E-state index contributed by atoms with van der Waals surface area (Å²) in [6, 6.07) is 6.39. The number of carbonyl (C=O) groups excluding carboxylic acids is 1. The lowest BCUT2D eigenvalue weighted by Gasteiger charge is -2.38. The second-order valence-corrected chi connectivity index (χ2v) is 15.0. The van der Waals surface area contributed by atoms with Gasteiger partial charge in [-0.25, -0.2) is 4.79 Å². The number of rotatable bonds is 5. The van der Waals surface area contributed by atoms with Crippen molar-refractivity contribution in [1.82, 2.24) is 9.13 Å². The first-order chi connectivity index (χ1) is 14.1. The predicted octanol–water partition coefficient (Wildman–Crippen LogP) is 7.29. The van der Waals surface area contributed by atoms with E-state index >= 15 is 0 Å². The molecule has 0 atom stereocenters. The maximum absolute atomic E-state index is 12.7. The number of amides is 1. The van der Waals surface area contributed by atoms with Gasteiger partial charge in [0.15, 0.2) is 8.24 Å². The third-order valence-electron chi connectivity index (χ3n) is 7.10. The number of benzene rings is 1. The Morgan fingerprint density at radius 3 is 2.40 bits per heavy atom. The van der Waals surface area contributed by atoms with Crippen LogP contribution in [0, 0.1) is 0 Å². The largest absolute Gasteiger partial charge is 0.415 e. The molecule has 1 aliphatic carbocycles. The minimum absolute atomic E-state index is 0.233. The molecule has 0 saturated heterocycles. The van der Waals surface area contributed by atoms with Gasteiger partial charge in [-0.1, -0.05) is 39.9 Å². The average molecular weight is 427 g/mol. The molecule has 0 saturated carbocycles. The average Bonchev–Trinajstić information content (AvgIpc) is 3.13. The smallest absolute Gasteiger partial charge is 0.410 e. The number of ether oxygens (including phenoxy) is 1. The van der Waals surface area contributed by atoms with E-state index in [4.69, 9.17) is 4.74 Å². The van der Waals surface area contributed by atoms with Crippen LogP contribution in [0.1, 0.15) is 65.9 Å². The summed E-state index contributed by atoms with van der Waals surface area (Å²) in [6.45, 7) is 17.2. The van der Waals surface area contributed by atoms with Crippen molar-refractivity contribution in [1.29, 1.82) is 0 Å². The van der Waals surface area contributed by atoms with Crippen molar-refractivity contribution in [3.63, 3.8) is 0 Å². The topological polar surface area (TPSA) is 34.5 Å². The molecule has 0 aliphatic heterocycles. The molecule has 0 spiro atoms. The van der Waals surface area contributed by atoms with Crippen LogP contribution in [0.4, 0.5) is 4.79 Å². The van der Waals surface area contributed by atoms with Crippen LogP contribution in [-0.4, -0.2) is 36.6 Å². The van der Waals surface area contributed by atoms with Gasteiger partial charge >= 0.3 is 6.09 Å². The summed E-state index contributed by atoms with van der Waals surface area (Å²) in [5.41, 5.74) is 3.69. The first-order valence-electron chi connectivity index (χ1n) is 11.4. The molecule has 1 aliphatic rings. The normalized spacial score (nSPS) is 15.2. The van der Waals surface area contributed by atoms with Crippen molar-refractivity contribution in [3.8, 4) is 5.75 Å². The predicted molar refractivity (Wildman–Crippen MR) is 130 cm³/mol. The Morgan fingerprint density at radius 2 is 1.83 bits per heavy atom. The number of allylic oxidation sites excluding steroid dienone is 2. The Bertz CT molecular complexity index is 946. The fourth-order valence-electron chi connectivity index (χ4n) is 4.17. The van der Waals surface area contributed by atoms with Crippen LogP contribution in [0.15, 0.2) is 30.5 Å². The first kappa shape index (κ1) is 22.7. The van der Waals surface area contributed by atoms with Gasteiger partial charge in [-0.2, -0.15) is 0 Å². The van der Waals surface area contributed by atoms with Crippen LogP contribution in [0.25, 0.3) is 16.5 Å². The highest BCUT2D eigenvalue weighted by Crippen LogP contribution is 2.43. The Hall–Kier alpha value is -2.01. The van der Waals surface area contributed by atoms with E-state index in [0.717, 1.165) is 18.4 Å². The van der Waals surface area contributed by atoms with Gasteiger partial charge in [-0.15, -0.1) is 0 Å². The molecule has 0 unspecified atom stereocenters. The molecule has 1 heterocycles. The Kier molecular flexibility index (Phi) is 6.51. The van der Waals surface area contributed by atoms with Gasteiger partial charge in [0.25, 0.3) is 0 Å². The zero-order valence-electron chi connectivity index (χ0n) is 19.8. The summed E-state index contributed by atoms with van der Waals surface area (Å²) >= 11 is 0. The van der Waals surface area contributed by atoms with Crippen LogP contribution in [0.5, 0.6) is 5.75 Å². The van der Waals surface area contributed by atoms with Gasteiger partial charge in [-0.05, 0) is 74.5 Å². The van der Waals surface area contributed by atoms with E-state index in [1.807, 2.05) is 19.9 Å². The number of hydrogen-bond acceptors (Lipinski definition) is 2. The molecule has 2 aromatic rings. The van der Waals surface area contributed by atoms with Gasteiger partial charge in [0, 0.05) is 29.6 Å². The van der Waals surface area contributed by atoms with Crippen molar-refractivity contribution in [2.75, 3.05) is 13.1 Å². The molecule has 0 fully saturated rings. The molecule has 30 heavy (non-hydrogen) atoms. The third kappa shape index (κ3) is 4.09. The van der Waals surface area contributed by atoms with Crippen molar-refractivity contribution in [2.45, 2.75) is 78.4 Å². The quantitative estimate of drug-likeness (QED) is 0.470. The molecule has 1 aromatic carbocycles. The van der Waals surface area contributed by atoms with Gasteiger partial charge in [0.2, 0.25) is 0 Å². The molecule has 3 rings (SSSR count). The lowest BCUT2D eigenvalue weighted by atomic mass is 9.91. The highest BCUT2D eigenvalue weighted by Gasteiger charge is 2.38. The van der Waals surface area contributed by atoms with E-state index in [1.165, 1.54) is 29.3 Å². The van der Waals surface area contributed by atoms with E-state index < -0.39 is 8.24 Å². The number of carbonyl (C=O) groups is 1. The molecule has 164 valence electrons. The van der Waals surface area contributed by atoms with Crippen LogP contribution in [-0.2, 0) is 0 Å². The minimum Gasteiger partial charge on any atom is -0.410 e. The van der Waals surface area contributed by atoms with E-state index in [-0.39, 0.29) is 11.1 Å². The summed E-state index contributed by atoms with van der Waals surface area (Å²) in [7, 11) is -1.76. The van der Waals surface area contributed by atoms with Crippen LogP contribution in [0.2, 0.25) is 18.1 Å². The van der Waals surface area contributed by atoms with Gasteiger partial charge < -0.3 is 13.9 Å². The van der Waals surface area contributed by atoms with E-state index in [2.05, 4.69) is 62.5 Å². The number of fused-ring (bicyclic) bond motifs is 1. The first-order valence-corrected chi connectivity index (χ1v) is 14.4. The maximum Gasteiger partial charge on any atom is 0.415 e. The molecule has 1 amide bonds. The molecule has 0 radical (unpaired) electrons. The summed E-state index contributed by atoms with van der Waals surface area (Å²) in [5, 5.41) is 1.44. The van der Waals surface area contributed by atoms with Crippen LogP contribution in [0.3, 0.4) is 0 Å². The summed E-state index contributed by atoms with van der Waals surface area (Å²) in [6.07, 6.45) is 8.90. The second kappa shape index (κ2) is 8.62. The molecular formula is C25H38N2O2Si. The van der Waals surface area contributed by atoms with Gasteiger partial charge in [0.1, 0.15) is 5.75 Å². The van der Waals surface area contributed by atoms with Crippen molar-refractivity contribution in [3.05, 3.63) is 36.0 Å². The second-order valence-electron chi connectivity index (χ2n) is 9.88. The molecule has 1 aromatic heterocycles. The monoisotopic (exact) mass is 426 g/mol. The highest BCUT2D eigenvalue weighted by atomic mass is 28.3. The number of nitrogens with zero attached hydrogens (tertiary/aromatic N) is 2. The molecule has 0 bridgehead atoms. The summed E-state index contributed by atoms with van der Waals surface area (Å²) in [5.74, 6) is 0.695. The number of aromatic nitrogens is 1.